The van der Waals surface area contributed by atoms with Gasteiger partial charge in [0.05, 0.1) is 15.5 Å². The van der Waals surface area contributed by atoms with Crippen molar-refractivity contribution in [1.29, 1.82) is 0 Å². The number of nitrogens with zero attached hydrogens (tertiary/aromatic N) is 2. The van der Waals surface area contributed by atoms with E-state index in [1.165, 1.54) is 11.3 Å². The van der Waals surface area contributed by atoms with Crippen molar-refractivity contribution < 1.29 is 18.0 Å². The Kier molecular flexibility index (Phi) is 7.52. The standard InChI is InChI=1S/C19H22ClN5O4S2/c1-31(28,29)24-19-23-9-2-12-25(19)14-5-3-13(4-6-14)17(26)21-10-11-22-18(27)15-7-8-16(20)30-15/h3-8H,2,9-12H2,1H3,(H,21,26)(H,22,27)(H,23,24). The largest absolute Gasteiger partial charge is 0.350 e. The SMILES string of the molecule is CS(=O)(=O)NC1=NCCCN1c1ccc(C(=O)NCCNC(=O)c2ccc(Cl)s2)cc1. The minimum Gasteiger partial charge on any atom is -0.350 e. The highest BCUT2D eigenvalue weighted by atomic mass is 35.5. The minimum absolute atomic E-state index is 0.239. The molecule has 166 valence electrons. The Morgan fingerprint density at radius 2 is 1.77 bits per heavy atom. The zero-order chi connectivity index (χ0) is 22.4. The number of rotatable bonds is 7. The van der Waals surface area contributed by atoms with Crippen LogP contribution in [0.15, 0.2) is 41.4 Å². The maximum Gasteiger partial charge on any atom is 0.261 e. The molecule has 3 rings (SSSR count). The minimum atomic E-state index is -3.44. The number of hydrogen-bond acceptors (Lipinski definition) is 7. The van der Waals surface area contributed by atoms with E-state index >= 15 is 0 Å². The topological polar surface area (TPSA) is 120 Å². The molecular formula is C19H22ClN5O4S2. The predicted molar refractivity (Wildman–Crippen MR) is 123 cm³/mol. The highest BCUT2D eigenvalue weighted by Gasteiger charge is 2.20. The molecule has 0 spiro atoms. The molecule has 0 unspecified atom stereocenters. The second-order valence-electron chi connectivity index (χ2n) is 6.75. The van der Waals surface area contributed by atoms with E-state index in [9.17, 15) is 18.0 Å². The van der Waals surface area contributed by atoms with Gasteiger partial charge in [-0.2, -0.15) is 0 Å². The lowest BCUT2D eigenvalue weighted by Crippen LogP contribution is -2.46. The van der Waals surface area contributed by atoms with Gasteiger partial charge in [-0.3, -0.25) is 19.3 Å². The summed E-state index contributed by atoms with van der Waals surface area (Å²) in [4.78, 5) is 30.8. The smallest absolute Gasteiger partial charge is 0.261 e. The highest BCUT2D eigenvalue weighted by molar-refractivity contribution is 7.89. The van der Waals surface area contributed by atoms with Crippen molar-refractivity contribution in [3.05, 3.63) is 51.2 Å². The summed E-state index contributed by atoms with van der Waals surface area (Å²) in [5.41, 5.74) is 1.18. The summed E-state index contributed by atoms with van der Waals surface area (Å²) in [6.45, 7) is 1.71. The average Bonchev–Trinajstić information content (AvgIpc) is 3.17. The Morgan fingerprint density at radius 3 is 2.39 bits per heavy atom. The fourth-order valence-electron chi connectivity index (χ4n) is 2.88. The van der Waals surface area contributed by atoms with Gasteiger partial charge in [-0.05, 0) is 42.8 Å². The van der Waals surface area contributed by atoms with Crippen molar-refractivity contribution >= 4 is 56.4 Å². The molecule has 3 N–H and O–H groups in total. The van der Waals surface area contributed by atoms with Crippen LogP contribution in [0.25, 0.3) is 0 Å². The van der Waals surface area contributed by atoms with Crippen LogP contribution in [0, 0.1) is 0 Å². The van der Waals surface area contributed by atoms with Crippen LogP contribution in [0.4, 0.5) is 5.69 Å². The normalized spacial score (nSPS) is 14.0. The fraction of sp³-hybridized carbons (Fsp3) is 0.316. The van der Waals surface area contributed by atoms with E-state index in [1.54, 1.807) is 41.3 Å². The van der Waals surface area contributed by atoms with Crippen molar-refractivity contribution in [1.82, 2.24) is 15.4 Å². The van der Waals surface area contributed by atoms with E-state index in [0.29, 0.717) is 27.9 Å². The van der Waals surface area contributed by atoms with E-state index in [-0.39, 0.29) is 30.9 Å². The van der Waals surface area contributed by atoms with Gasteiger partial charge < -0.3 is 15.5 Å². The molecule has 0 saturated carbocycles. The average molecular weight is 484 g/mol. The quantitative estimate of drug-likeness (QED) is 0.517. The van der Waals surface area contributed by atoms with Gasteiger partial charge in [0.1, 0.15) is 0 Å². The number of thiophene rings is 1. The van der Waals surface area contributed by atoms with Gasteiger partial charge in [0.2, 0.25) is 16.0 Å². The molecule has 0 atom stereocenters. The molecule has 2 aromatic rings. The molecule has 0 aliphatic carbocycles. The van der Waals surface area contributed by atoms with Crippen molar-refractivity contribution in [3.63, 3.8) is 0 Å². The third-order valence-corrected chi connectivity index (χ3v) is 6.05. The first kappa shape index (κ1) is 23.0. The number of aliphatic imine (C=N–C) groups is 1. The van der Waals surface area contributed by atoms with Crippen LogP contribution in [-0.2, 0) is 10.0 Å². The summed E-state index contributed by atoms with van der Waals surface area (Å²) in [7, 11) is -3.44. The monoisotopic (exact) mass is 483 g/mol. The number of carbonyl (C=O) groups is 2. The van der Waals surface area contributed by atoms with Crippen LogP contribution in [0.3, 0.4) is 0 Å². The van der Waals surface area contributed by atoms with Crippen molar-refractivity contribution in [2.24, 2.45) is 4.99 Å². The third kappa shape index (κ3) is 6.68. The van der Waals surface area contributed by atoms with Crippen LogP contribution in [-0.4, -0.2) is 58.6 Å². The fourth-order valence-corrected chi connectivity index (χ4v) is 4.35. The van der Waals surface area contributed by atoms with Crippen LogP contribution in [0.1, 0.15) is 26.5 Å². The van der Waals surface area contributed by atoms with Gasteiger partial charge in [-0.1, -0.05) is 11.6 Å². The van der Waals surface area contributed by atoms with Crippen molar-refractivity contribution in [3.8, 4) is 0 Å². The number of guanidine groups is 1. The predicted octanol–water partition coefficient (Wildman–Crippen LogP) is 1.68. The number of carbonyl (C=O) groups excluding carboxylic acids is 2. The number of amides is 2. The molecule has 31 heavy (non-hydrogen) atoms. The number of anilines is 1. The van der Waals surface area contributed by atoms with Crippen molar-refractivity contribution in [2.75, 3.05) is 37.3 Å². The number of benzene rings is 1. The van der Waals surface area contributed by atoms with Crippen molar-refractivity contribution in [2.45, 2.75) is 6.42 Å². The zero-order valence-corrected chi connectivity index (χ0v) is 19.1. The molecule has 1 aliphatic rings. The van der Waals surface area contributed by atoms with Gasteiger partial charge in [-0.25, -0.2) is 8.42 Å². The molecule has 0 bridgehead atoms. The first-order valence-corrected chi connectivity index (χ1v) is 12.5. The van der Waals surface area contributed by atoms with E-state index in [0.717, 1.165) is 18.4 Å². The van der Waals surface area contributed by atoms with Gasteiger partial charge in [-0.15, -0.1) is 11.3 Å². The maximum atomic E-state index is 12.3. The van der Waals surface area contributed by atoms with Crippen LogP contribution in [0.2, 0.25) is 4.34 Å². The van der Waals surface area contributed by atoms with Gasteiger partial charge in [0, 0.05) is 37.4 Å². The molecule has 0 fully saturated rings. The number of sulfonamides is 1. The van der Waals surface area contributed by atoms with E-state index in [2.05, 4.69) is 20.3 Å². The Balaban J connectivity index is 1.52. The summed E-state index contributed by atoms with van der Waals surface area (Å²) < 4.78 is 26.1. The lowest BCUT2D eigenvalue weighted by molar-refractivity contribution is 0.0929. The molecule has 1 aromatic heterocycles. The molecule has 2 heterocycles. The summed E-state index contributed by atoms with van der Waals surface area (Å²) in [5.74, 6) is -0.243. The zero-order valence-electron chi connectivity index (χ0n) is 16.7. The van der Waals surface area contributed by atoms with Gasteiger partial charge >= 0.3 is 0 Å². The molecule has 0 saturated heterocycles. The Labute approximate surface area is 189 Å². The maximum absolute atomic E-state index is 12.3. The second-order valence-corrected chi connectivity index (χ2v) is 10.2. The lowest BCUT2D eigenvalue weighted by Gasteiger charge is -2.29. The third-order valence-electron chi connectivity index (χ3n) is 4.27. The Hall–Kier alpha value is -2.63. The summed E-state index contributed by atoms with van der Waals surface area (Å²) in [6, 6.07) is 10.1. The van der Waals surface area contributed by atoms with E-state index in [1.807, 2.05) is 0 Å². The molecular weight excluding hydrogens is 462 g/mol. The summed E-state index contributed by atoms with van der Waals surface area (Å²) in [6.07, 6.45) is 1.87. The first-order chi connectivity index (χ1) is 14.7. The summed E-state index contributed by atoms with van der Waals surface area (Å²) in [5, 5.41) is 5.46. The highest BCUT2D eigenvalue weighted by Crippen LogP contribution is 2.21. The van der Waals surface area contributed by atoms with E-state index in [4.69, 9.17) is 11.6 Å². The lowest BCUT2D eigenvalue weighted by atomic mass is 10.1. The molecule has 1 aliphatic heterocycles. The number of hydrogen-bond donors (Lipinski definition) is 3. The molecule has 0 radical (unpaired) electrons. The van der Waals surface area contributed by atoms with Crippen LogP contribution >= 0.6 is 22.9 Å². The first-order valence-electron chi connectivity index (χ1n) is 9.44. The molecule has 12 heteroatoms. The second kappa shape index (κ2) is 10.1. The molecule has 9 nitrogen and oxygen atoms in total. The number of nitrogens with one attached hydrogen (secondary N) is 3. The number of halogens is 1. The van der Waals surface area contributed by atoms with E-state index < -0.39 is 10.0 Å². The van der Waals surface area contributed by atoms with Crippen LogP contribution in [0.5, 0.6) is 0 Å². The van der Waals surface area contributed by atoms with Gasteiger partial charge in [0.15, 0.2) is 0 Å². The Bertz CT molecular complexity index is 1080. The Morgan fingerprint density at radius 1 is 1.10 bits per heavy atom. The molecule has 2 amide bonds. The summed E-state index contributed by atoms with van der Waals surface area (Å²) >= 11 is 7.00. The van der Waals surface area contributed by atoms with Crippen LogP contribution < -0.4 is 20.3 Å². The van der Waals surface area contributed by atoms with Gasteiger partial charge in [0.25, 0.3) is 11.8 Å². The molecule has 1 aromatic carbocycles.